The van der Waals surface area contributed by atoms with Crippen molar-refractivity contribution in [2.45, 2.75) is 13.3 Å². The minimum absolute atomic E-state index is 0.0846. The predicted octanol–water partition coefficient (Wildman–Crippen LogP) is 3.20. The number of hydrogen-bond donors (Lipinski definition) is 4. The Kier molecular flexibility index (Phi) is 4.22. The molecule has 0 atom stereocenters. The number of amides is 1. The van der Waals surface area contributed by atoms with Crippen LogP contribution in [0, 0.1) is 5.82 Å². The number of rotatable bonds is 4. The first-order valence-electron chi connectivity index (χ1n) is 6.31. The average molecular weight is 290 g/mol. The van der Waals surface area contributed by atoms with E-state index in [0.717, 1.165) is 5.56 Å². The van der Waals surface area contributed by atoms with Crippen molar-refractivity contribution in [3.05, 3.63) is 41.7 Å². The van der Waals surface area contributed by atoms with Crippen LogP contribution < -0.4 is 16.4 Å². The molecule has 0 saturated carbocycles. The van der Waals surface area contributed by atoms with E-state index in [1.165, 1.54) is 12.1 Å². The lowest BCUT2D eigenvalue weighted by Crippen LogP contribution is -2.13. The van der Waals surface area contributed by atoms with E-state index in [-0.39, 0.29) is 17.3 Å². The number of aromatic nitrogens is 1. The summed E-state index contributed by atoms with van der Waals surface area (Å²) in [6.45, 7) is 1.88. The number of hydrogen-bond acceptors (Lipinski definition) is 4. The molecule has 2 aromatic rings. The summed E-state index contributed by atoms with van der Waals surface area (Å²) >= 11 is 0. The first-order chi connectivity index (χ1) is 9.99. The van der Waals surface area contributed by atoms with Crippen molar-refractivity contribution in [3.8, 4) is 0 Å². The fourth-order valence-corrected chi connectivity index (χ4v) is 1.89. The van der Waals surface area contributed by atoms with Crippen molar-refractivity contribution in [1.82, 2.24) is 4.98 Å². The summed E-state index contributed by atoms with van der Waals surface area (Å²) in [6.07, 6.45) is -0.613. The van der Waals surface area contributed by atoms with Gasteiger partial charge in [-0.05, 0) is 42.3 Å². The first-order valence-corrected chi connectivity index (χ1v) is 6.31. The molecular weight excluding hydrogens is 275 g/mol. The number of nitrogens with one attached hydrogen (secondary N) is 2. The van der Waals surface area contributed by atoms with Crippen LogP contribution in [0.25, 0.3) is 0 Å². The number of benzene rings is 1. The van der Waals surface area contributed by atoms with E-state index in [1.54, 1.807) is 18.2 Å². The zero-order valence-corrected chi connectivity index (χ0v) is 11.4. The summed E-state index contributed by atoms with van der Waals surface area (Å²) < 4.78 is 12.9. The maximum Gasteiger partial charge on any atom is 0.409 e. The highest BCUT2D eigenvalue weighted by atomic mass is 19.1. The molecule has 0 aliphatic heterocycles. The summed E-state index contributed by atoms with van der Waals surface area (Å²) in [5, 5.41) is 14.0. The highest BCUT2D eigenvalue weighted by Crippen LogP contribution is 2.27. The van der Waals surface area contributed by atoms with Gasteiger partial charge in [0, 0.05) is 5.69 Å². The molecule has 1 aromatic heterocycles. The molecule has 0 saturated heterocycles. The van der Waals surface area contributed by atoms with Gasteiger partial charge in [0.15, 0.2) is 0 Å². The van der Waals surface area contributed by atoms with Crippen molar-refractivity contribution >= 4 is 29.1 Å². The van der Waals surface area contributed by atoms with E-state index in [1.807, 2.05) is 6.92 Å². The highest BCUT2D eigenvalue weighted by Gasteiger charge is 2.12. The molecule has 0 aliphatic carbocycles. The molecule has 1 amide bonds. The van der Waals surface area contributed by atoms with E-state index in [4.69, 9.17) is 10.8 Å². The fraction of sp³-hybridized carbons (Fsp3) is 0.143. The first kappa shape index (κ1) is 14.6. The van der Waals surface area contributed by atoms with Crippen LogP contribution >= 0.6 is 0 Å². The molecule has 0 bridgehead atoms. The zero-order chi connectivity index (χ0) is 15.4. The van der Waals surface area contributed by atoms with Crippen LogP contribution in [0.3, 0.4) is 0 Å². The molecule has 0 aliphatic rings. The van der Waals surface area contributed by atoms with Crippen LogP contribution in [0.1, 0.15) is 12.5 Å². The van der Waals surface area contributed by atoms with Gasteiger partial charge in [-0.25, -0.2) is 14.2 Å². The SMILES string of the molecule is CCc1cc(Nc2ccc(F)cc2)nc(N)c1NC(=O)O. The number of halogens is 1. The average Bonchev–Trinajstić information content (AvgIpc) is 2.43. The third-order valence-electron chi connectivity index (χ3n) is 2.86. The molecule has 0 unspecified atom stereocenters. The number of carboxylic acid groups (broad SMARTS) is 1. The van der Waals surface area contributed by atoms with Crippen LogP contribution in [0.15, 0.2) is 30.3 Å². The smallest absolute Gasteiger partial charge is 0.409 e. The van der Waals surface area contributed by atoms with Gasteiger partial charge in [0.05, 0.1) is 5.69 Å². The van der Waals surface area contributed by atoms with Gasteiger partial charge in [-0.3, -0.25) is 5.32 Å². The molecule has 0 spiro atoms. The third-order valence-corrected chi connectivity index (χ3v) is 2.86. The number of nitrogen functional groups attached to an aromatic ring is 1. The summed E-state index contributed by atoms with van der Waals surface area (Å²) in [7, 11) is 0. The lowest BCUT2D eigenvalue weighted by Gasteiger charge is -2.13. The Hall–Kier alpha value is -2.83. The van der Waals surface area contributed by atoms with Crippen molar-refractivity contribution in [3.63, 3.8) is 0 Å². The van der Waals surface area contributed by atoms with Crippen molar-refractivity contribution in [2.24, 2.45) is 0 Å². The largest absolute Gasteiger partial charge is 0.465 e. The highest BCUT2D eigenvalue weighted by molar-refractivity contribution is 5.88. The van der Waals surface area contributed by atoms with Gasteiger partial charge >= 0.3 is 6.09 Å². The normalized spacial score (nSPS) is 10.2. The van der Waals surface area contributed by atoms with Crippen molar-refractivity contribution < 1.29 is 14.3 Å². The van der Waals surface area contributed by atoms with Crippen molar-refractivity contribution in [2.75, 3.05) is 16.4 Å². The molecule has 6 nitrogen and oxygen atoms in total. The number of anilines is 4. The predicted molar refractivity (Wildman–Crippen MR) is 79.4 cm³/mol. The van der Waals surface area contributed by atoms with Crippen molar-refractivity contribution in [1.29, 1.82) is 0 Å². The van der Waals surface area contributed by atoms with Gasteiger partial charge in [0.25, 0.3) is 0 Å². The van der Waals surface area contributed by atoms with Gasteiger partial charge in [-0.1, -0.05) is 6.92 Å². The second-order valence-corrected chi connectivity index (χ2v) is 4.34. The topological polar surface area (TPSA) is 100 Å². The zero-order valence-electron chi connectivity index (χ0n) is 11.4. The Morgan fingerprint density at radius 2 is 2.05 bits per heavy atom. The maximum absolute atomic E-state index is 12.9. The van der Waals surface area contributed by atoms with Gasteiger partial charge in [0.1, 0.15) is 17.5 Å². The van der Waals surface area contributed by atoms with Gasteiger partial charge < -0.3 is 16.2 Å². The molecular formula is C14H15FN4O2. The molecule has 2 rings (SSSR count). The Labute approximate surface area is 120 Å². The van der Waals surface area contributed by atoms with Crippen LogP contribution in [-0.2, 0) is 6.42 Å². The van der Waals surface area contributed by atoms with Crippen LogP contribution in [0.5, 0.6) is 0 Å². The molecule has 7 heteroatoms. The maximum atomic E-state index is 12.9. The second-order valence-electron chi connectivity index (χ2n) is 4.34. The van der Waals surface area contributed by atoms with E-state index >= 15 is 0 Å². The Morgan fingerprint density at radius 1 is 1.38 bits per heavy atom. The minimum Gasteiger partial charge on any atom is -0.465 e. The molecule has 21 heavy (non-hydrogen) atoms. The lowest BCUT2D eigenvalue weighted by atomic mass is 10.1. The van der Waals surface area contributed by atoms with Gasteiger partial charge in [-0.15, -0.1) is 0 Å². The number of pyridine rings is 1. The molecule has 110 valence electrons. The number of nitrogens with zero attached hydrogens (tertiary/aromatic N) is 1. The fourth-order valence-electron chi connectivity index (χ4n) is 1.89. The van der Waals surface area contributed by atoms with Gasteiger partial charge in [0.2, 0.25) is 0 Å². The quantitative estimate of drug-likeness (QED) is 0.693. The van der Waals surface area contributed by atoms with E-state index in [0.29, 0.717) is 17.9 Å². The Morgan fingerprint density at radius 3 is 2.62 bits per heavy atom. The van der Waals surface area contributed by atoms with Gasteiger partial charge in [-0.2, -0.15) is 0 Å². The summed E-state index contributed by atoms with van der Waals surface area (Å²) in [6, 6.07) is 7.50. The monoisotopic (exact) mass is 290 g/mol. The third kappa shape index (κ3) is 3.59. The second kappa shape index (κ2) is 6.08. The lowest BCUT2D eigenvalue weighted by molar-refractivity contribution is 0.209. The van der Waals surface area contributed by atoms with E-state index in [9.17, 15) is 9.18 Å². The Bertz CT molecular complexity index is 659. The molecule has 1 aromatic carbocycles. The molecule has 0 radical (unpaired) electrons. The van der Waals surface area contributed by atoms with E-state index < -0.39 is 6.09 Å². The van der Waals surface area contributed by atoms with Crippen LogP contribution in [0.2, 0.25) is 0 Å². The number of carbonyl (C=O) groups is 1. The summed E-state index contributed by atoms with van der Waals surface area (Å²) in [5.41, 5.74) is 7.45. The van der Waals surface area contributed by atoms with Crippen LogP contribution in [0.4, 0.5) is 32.2 Å². The number of aryl methyl sites for hydroxylation is 1. The summed E-state index contributed by atoms with van der Waals surface area (Å²) in [4.78, 5) is 14.9. The standard InChI is InChI=1S/C14H15FN4O2/c1-2-8-7-11(17-10-5-3-9(15)4-6-10)18-13(16)12(8)19-14(20)21/h3-7,19H,2H2,1H3,(H,20,21)(H3,16,17,18). The van der Waals surface area contributed by atoms with Crippen LogP contribution in [-0.4, -0.2) is 16.2 Å². The molecule has 5 N–H and O–H groups in total. The number of nitrogens with two attached hydrogens (primary N) is 1. The van der Waals surface area contributed by atoms with E-state index in [2.05, 4.69) is 15.6 Å². The molecule has 0 fully saturated rings. The molecule has 1 heterocycles. The Balaban J connectivity index is 2.31. The summed E-state index contributed by atoms with van der Waals surface area (Å²) in [5.74, 6) is 0.219. The minimum atomic E-state index is -1.20.